The number of ketones is 1. The third-order valence-corrected chi connectivity index (χ3v) is 7.54. The molecule has 4 aromatic rings. The first-order chi connectivity index (χ1) is 16.4. The zero-order valence-corrected chi connectivity index (χ0v) is 19.4. The van der Waals surface area contributed by atoms with Crippen LogP contribution in [0.5, 0.6) is 0 Å². The number of anilines is 1. The van der Waals surface area contributed by atoms with Crippen LogP contribution >= 0.6 is 0 Å². The fourth-order valence-corrected chi connectivity index (χ4v) is 5.70. The number of Topliss-reactive ketones (excluding diaryl/α,β-unsaturated/α-hetero) is 1. The number of halogens is 1. The summed E-state index contributed by atoms with van der Waals surface area (Å²) in [7, 11) is 0. The van der Waals surface area contributed by atoms with Crippen LogP contribution in [0.3, 0.4) is 0 Å². The molecule has 0 unspecified atom stereocenters. The van der Waals surface area contributed by atoms with Crippen LogP contribution in [0.1, 0.15) is 47.1 Å². The number of fused-ring (bicyclic) bond motifs is 2. The van der Waals surface area contributed by atoms with Crippen LogP contribution in [0.15, 0.2) is 48.8 Å². The van der Waals surface area contributed by atoms with Gasteiger partial charge in [-0.3, -0.25) is 9.78 Å². The molecular weight excluding hydrogens is 429 g/mol. The van der Waals surface area contributed by atoms with Gasteiger partial charge in [0.15, 0.2) is 11.6 Å². The SMILES string of the molecule is CC(=O)c1ccc(F)c(-c2c(C)nc(N3CCC4(CC3)Cc3cccnc3C4)c3ccnn23)c1. The summed E-state index contributed by atoms with van der Waals surface area (Å²) in [5.41, 5.74) is 5.85. The van der Waals surface area contributed by atoms with Gasteiger partial charge in [0, 0.05) is 36.1 Å². The molecule has 1 saturated heterocycles. The number of pyridine rings is 1. The molecule has 7 heteroatoms. The maximum atomic E-state index is 14.9. The fraction of sp³-hybridized carbons (Fsp3) is 0.333. The lowest BCUT2D eigenvalue weighted by atomic mass is 9.76. The first-order valence-electron chi connectivity index (χ1n) is 11.8. The van der Waals surface area contributed by atoms with E-state index in [-0.39, 0.29) is 11.2 Å². The van der Waals surface area contributed by atoms with Gasteiger partial charge < -0.3 is 4.90 Å². The summed E-state index contributed by atoms with van der Waals surface area (Å²) in [4.78, 5) is 23.8. The maximum absolute atomic E-state index is 14.9. The molecule has 0 saturated carbocycles. The Morgan fingerprint density at radius 1 is 1.09 bits per heavy atom. The average Bonchev–Trinajstić information content (AvgIpc) is 3.44. The second-order valence-corrected chi connectivity index (χ2v) is 9.70. The van der Waals surface area contributed by atoms with Crippen molar-refractivity contribution in [3.8, 4) is 11.3 Å². The lowest BCUT2D eigenvalue weighted by Crippen LogP contribution is -2.41. The monoisotopic (exact) mass is 455 g/mol. The third-order valence-electron chi connectivity index (χ3n) is 7.54. The highest BCUT2D eigenvalue weighted by Gasteiger charge is 2.41. The van der Waals surface area contributed by atoms with E-state index in [2.05, 4.69) is 21.0 Å². The number of nitrogens with zero attached hydrogens (tertiary/aromatic N) is 5. The minimum Gasteiger partial charge on any atom is -0.355 e. The normalized spacial score (nSPS) is 16.9. The van der Waals surface area contributed by atoms with E-state index in [0.29, 0.717) is 22.5 Å². The van der Waals surface area contributed by atoms with Gasteiger partial charge in [0.1, 0.15) is 11.3 Å². The van der Waals surface area contributed by atoms with Crippen molar-refractivity contribution in [3.05, 3.63) is 77.1 Å². The van der Waals surface area contributed by atoms with Gasteiger partial charge in [-0.15, -0.1) is 0 Å². The van der Waals surface area contributed by atoms with Crippen LogP contribution in [0.25, 0.3) is 16.8 Å². The molecule has 172 valence electrons. The van der Waals surface area contributed by atoms with Gasteiger partial charge >= 0.3 is 0 Å². The number of aromatic nitrogens is 4. The predicted octanol–water partition coefficient (Wildman–Crippen LogP) is 4.83. The van der Waals surface area contributed by atoms with Crippen molar-refractivity contribution in [2.24, 2.45) is 5.41 Å². The number of aryl methyl sites for hydroxylation is 1. The first-order valence-corrected chi connectivity index (χ1v) is 11.8. The smallest absolute Gasteiger partial charge is 0.159 e. The Bertz CT molecular complexity index is 1410. The van der Waals surface area contributed by atoms with Gasteiger partial charge in [-0.1, -0.05) is 6.07 Å². The molecule has 1 aromatic carbocycles. The molecule has 0 atom stereocenters. The van der Waals surface area contributed by atoms with E-state index in [1.54, 1.807) is 16.8 Å². The molecule has 6 nitrogen and oxygen atoms in total. The molecular formula is C27H26FN5O. The summed E-state index contributed by atoms with van der Waals surface area (Å²) in [5, 5.41) is 4.52. The molecule has 1 spiro atoms. The molecule has 4 heterocycles. The van der Waals surface area contributed by atoms with Crippen LogP contribution in [-0.2, 0) is 12.8 Å². The van der Waals surface area contributed by atoms with Gasteiger partial charge in [0.05, 0.1) is 17.6 Å². The number of hydrogen-bond donors (Lipinski definition) is 0. The van der Waals surface area contributed by atoms with Gasteiger partial charge in [-0.05, 0) is 80.8 Å². The van der Waals surface area contributed by atoms with Crippen molar-refractivity contribution in [1.82, 2.24) is 19.6 Å². The van der Waals surface area contributed by atoms with E-state index in [4.69, 9.17) is 4.98 Å². The largest absolute Gasteiger partial charge is 0.355 e. The van der Waals surface area contributed by atoms with Gasteiger partial charge in [-0.2, -0.15) is 5.10 Å². The third kappa shape index (κ3) is 3.30. The van der Waals surface area contributed by atoms with Crippen LogP contribution < -0.4 is 4.90 Å². The average molecular weight is 456 g/mol. The van der Waals surface area contributed by atoms with E-state index in [0.717, 1.165) is 50.1 Å². The summed E-state index contributed by atoms with van der Waals surface area (Å²) in [6.45, 7) is 5.19. The van der Waals surface area contributed by atoms with Crippen molar-refractivity contribution in [2.75, 3.05) is 18.0 Å². The topological polar surface area (TPSA) is 63.4 Å². The Morgan fingerprint density at radius 3 is 2.68 bits per heavy atom. The molecule has 1 aliphatic carbocycles. The van der Waals surface area contributed by atoms with Gasteiger partial charge in [0.25, 0.3) is 0 Å². The number of hydrogen-bond acceptors (Lipinski definition) is 5. The van der Waals surface area contributed by atoms with Crippen LogP contribution in [0.2, 0.25) is 0 Å². The summed E-state index contributed by atoms with van der Waals surface area (Å²) in [5.74, 6) is 0.380. The summed E-state index contributed by atoms with van der Waals surface area (Å²) in [6, 6.07) is 10.6. The second kappa shape index (κ2) is 7.72. The molecule has 6 rings (SSSR count). The van der Waals surface area contributed by atoms with Crippen molar-refractivity contribution >= 4 is 17.1 Å². The van der Waals surface area contributed by atoms with E-state index >= 15 is 0 Å². The number of piperidine rings is 1. The van der Waals surface area contributed by atoms with E-state index in [1.165, 1.54) is 30.3 Å². The molecule has 0 radical (unpaired) electrons. The maximum Gasteiger partial charge on any atom is 0.159 e. The van der Waals surface area contributed by atoms with Crippen molar-refractivity contribution in [1.29, 1.82) is 0 Å². The van der Waals surface area contributed by atoms with E-state index in [1.807, 2.05) is 25.3 Å². The molecule has 1 fully saturated rings. The number of benzene rings is 1. The highest BCUT2D eigenvalue weighted by Crippen LogP contribution is 2.45. The Kier molecular flexibility index (Phi) is 4.76. The summed E-state index contributed by atoms with van der Waals surface area (Å²) < 4.78 is 16.6. The summed E-state index contributed by atoms with van der Waals surface area (Å²) >= 11 is 0. The fourth-order valence-electron chi connectivity index (χ4n) is 5.70. The Balaban J connectivity index is 1.34. The minimum absolute atomic E-state index is 0.105. The highest BCUT2D eigenvalue weighted by atomic mass is 19.1. The van der Waals surface area contributed by atoms with Crippen LogP contribution in [0, 0.1) is 18.2 Å². The molecule has 0 amide bonds. The Labute approximate surface area is 197 Å². The van der Waals surface area contributed by atoms with E-state index in [9.17, 15) is 9.18 Å². The molecule has 1 aliphatic heterocycles. The predicted molar refractivity (Wildman–Crippen MR) is 129 cm³/mol. The lowest BCUT2D eigenvalue weighted by molar-refractivity contribution is 0.101. The molecule has 0 N–H and O–H groups in total. The number of rotatable bonds is 3. The van der Waals surface area contributed by atoms with Gasteiger partial charge in [-0.25, -0.2) is 13.9 Å². The standard InChI is InChI=1S/C27H26FN5O/c1-17-25(21-14-19(18(2)34)5-6-22(21)28)33-24(7-11-30-33)26(31-17)32-12-8-27(9-13-32)15-20-4-3-10-29-23(20)16-27/h3-7,10-11,14H,8-9,12-13,15-16H2,1-2H3. The summed E-state index contributed by atoms with van der Waals surface area (Å²) in [6.07, 6.45) is 7.94. The zero-order valence-electron chi connectivity index (χ0n) is 19.4. The van der Waals surface area contributed by atoms with Gasteiger partial charge in [0.2, 0.25) is 0 Å². The number of carbonyl (C=O) groups is 1. The van der Waals surface area contributed by atoms with E-state index < -0.39 is 5.82 Å². The first kappa shape index (κ1) is 21.0. The molecule has 0 bridgehead atoms. The minimum atomic E-state index is -0.395. The zero-order chi connectivity index (χ0) is 23.4. The quantitative estimate of drug-likeness (QED) is 0.414. The van der Waals surface area contributed by atoms with Crippen molar-refractivity contribution in [2.45, 2.75) is 39.5 Å². The number of carbonyl (C=O) groups excluding carboxylic acids is 1. The molecule has 2 aliphatic rings. The molecule has 34 heavy (non-hydrogen) atoms. The Hall–Kier alpha value is -3.61. The van der Waals surface area contributed by atoms with Crippen molar-refractivity contribution < 1.29 is 9.18 Å². The molecule has 3 aromatic heterocycles. The lowest BCUT2D eigenvalue weighted by Gasteiger charge is -2.40. The Morgan fingerprint density at radius 2 is 1.91 bits per heavy atom. The van der Waals surface area contributed by atoms with Crippen molar-refractivity contribution in [3.63, 3.8) is 0 Å². The van der Waals surface area contributed by atoms with Crippen LogP contribution in [0.4, 0.5) is 10.2 Å². The highest BCUT2D eigenvalue weighted by molar-refractivity contribution is 5.95. The second-order valence-electron chi connectivity index (χ2n) is 9.70. The van der Waals surface area contributed by atoms with Crippen LogP contribution in [-0.4, -0.2) is 38.5 Å².